The normalized spacial score (nSPS) is 13.8. The molecule has 0 radical (unpaired) electrons. The number of ether oxygens (including phenoxy) is 1. The molecular weight excluding hydrogens is 421 g/mol. The van der Waals surface area contributed by atoms with Crippen molar-refractivity contribution in [1.29, 1.82) is 0 Å². The maximum atomic E-state index is 13.1. The van der Waals surface area contributed by atoms with Gasteiger partial charge < -0.3 is 10.1 Å². The molecule has 2 aromatic carbocycles. The zero-order valence-electron chi connectivity index (χ0n) is 16.4. The second-order valence-corrected chi connectivity index (χ2v) is 8.83. The third kappa shape index (κ3) is 5.00. The first-order chi connectivity index (χ1) is 14.9. The van der Waals surface area contributed by atoms with Gasteiger partial charge in [0.2, 0.25) is 5.88 Å². The minimum atomic E-state index is -3.90. The van der Waals surface area contributed by atoms with Crippen LogP contribution >= 0.6 is 0 Å². The summed E-state index contributed by atoms with van der Waals surface area (Å²) in [7, 11) is -3.90. The SMILES string of the molecule is O=C(NC1CCC1)c1cccnc1Oc1cccc(NS(=O)(=O)c2ccc(F)cc2)c1. The van der Waals surface area contributed by atoms with Crippen LogP contribution in [0.15, 0.2) is 71.8 Å². The summed E-state index contributed by atoms with van der Waals surface area (Å²) < 4.78 is 46.3. The Labute approximate surface area is 179 Å². The molecule has 0 unspecified atom stereocenters. The number of nitrogens with zero attached hydrogens (tertiary/aromatic N) is 1. The maximum absolute atomic E-state index is 13.1. The number of benzene rings is 2. The summed E-state index contributed by atoms with van der Waals surface area (Å²) in [5.74, 6) is -0.364. The Morgan fingerprint density at radius 1 is 1.06 bits per heavy atom. The maximum Gasteiger partial charge on any atom is 0.261 e. The average molecular weight is 441 g/mol. The number of carbonyl (C=O) groups excluding carboxylic acids is 1. The van der Waals surface area contributed by atoms with Crippen molar-refractivity contribution in [3.05, 3.63) is 78.2 Å². The predicted octanol–water partition coefficient (Wildman–Crippen LogP) is 4.10. The zero-order valence-corrected chi connectivity index (χ0v) is 17.2. The molecule has 1 amide bonds. The van der Waals surface area contributed by atoms with Gasteiger partial charge in [-0.2, -0.15) is 0 Å². The van der Waals surface area contributed by atoms with Gasteiger partial charge in [0, 0.05) is 18.3 Å². The van der Waals surface area contributed by atoms with E-state index in [1.54, 1.807) is 30.3 Å². The van der Waals surface area contributed by atoms with Crippen LogP contribution in [-0.4, -0.2) is 25.4 Å². The minimum Gasteiger partial charge on any atom is -0.438 e. The molecule has 2 N–H and O–H groups in total. The Bertz CT molecular complexity index is 1200. The van der Waals surface area contributed by atoms with Gasteiger partial charge in [0.05, 0.1) is 10.6 Å². The lowest BCUT2D eigenvalue weighted by Gasteiger charge is -2.26. The van der Waals surface area contributed by atoms with Gasteiger partial charge >= 0.3 is 0 Å². The first-order valence-corrected chi connectivity index (χ1v) is 11.2. The van der Waals surface area contributed by atoms with Crippen molar-refractivity contribution in [2.75, 3.05) is 4.72 Å². The summed E-state index contributed by atoms with van der Waals surface area (Å²) in [6, 6.07) is 14.2. The first kappa shape index (κ1) is 20.8. The van der Waals surface area contributed by atoms with E-state index in [-0.39, 0.29) is 28.4 Å². The highest BCUT2D eigenvalue weighted by Crippen LogP contribution is 2.27. The third-order valence-corrected chi connectivity index (χ3v) is 6.28. The van der Waals surface area contributed by atoms with Crippen LogP contribution in [0.25, 0.3) is 0 Å². The number of rotatable bonds is 7. The predicted molar refractivity (Wildman–Crippen MR) is 113 cm³/mol. The summed E-state index contributed by atoms with van der Waals surface area (Å²) in [6.07, 6.45) is 4.52. The van der Waals surface area contributed by atoms with Crippen LogP contribution in [0, 0.1) is 5.82 Å². The Kier molecular flexibility index (Phi) is 5.85. The topological polar surface area (TPSA) is 97.4 Å². The van der Waals surface area contributed by atoms with Gasteiger partial charge in [0.15, 0.2) is 0 Å². The molecule has 31 heavy (non-hydrogen) atoms. The molecule has 3 aromatic rings. The van der Waals surface area contributed by atoms with E-state index in [4.69, 9.17) is 4.74 Å². The number of halogens is 1. The van der Waals surface area contributed by atoms with E-state index < -0.39 is 15.8 Å². The Morgan fingerprint density at radius 2 is 1.84 bits per heavy atom. The fraction of sp³-hybridized carbons (Fsp3) is 0.182. The van der Waals surface area contributed by atoms with Gasteiger partial charge in [-0.05, 0) is 67.8 Å². The number of pyridine rings is 1. The summed E-state index contributed by atoms with van der Waals surface area (Å²) in [5, 5.41) is 2.95. The molecule has 0 saturated heterocycles. The van der Waals surface area contributed by atoms with E-state index in [1.807, 2.05) is 0 Å². The molecule has 1 fully saturated rings. The molecule has 1 aromatic heterocycles. The number of hydrogen-bond donors (Lipinski definition) is 2. The highest BCUT2D eigenvalue weighted by atomic mass is 32.2. The fourth-order valence-corrected chi connectivity index (χ4v) is 4.07. The quantitative estimate of drug-likeness (QED) is 0.575. The fourth-order valence-electron chi connectivity index (χ4n) is 3.02. The van der Waals surface area contributed by atoms with Gasteiger partial charge in [-0.3, -0.25) is 9.52 Å². The van der Waals surface area contributed by atoms with Gasteiger partial charge in [-0.25, -0.2) is 17.8 Å². The lowest BCUT2D eigenvalue weighted by molar-refractivity contribution is 0.0914. The Balaban J connectivity index is 1.52. The summed E-state index contributed by atoms with van der Waals surface area (Å²) in [6.45, 7) is 0. The molecule has 0 aliphatic heterocycles. The number of hydrogen-bond acceptors (Lipinski definition) is 5. The second-order valence-electron chi connectivity index (χ2n) is 7.15. The highest BCUT2D eigenvalue weighted by Gasteiger charge is 2.22. The third-order valence-electron chi connectivity index (χ3n) is 4.88. The molecule has 0 spiro atoms. The van der Waals surface area contributed by atoms with Crippen LogP contribution in [-0.2, 0) is 10.0 Å². The van der Waals surface area contributed by atoms with E-state index in [2.05, 4.69) is 15.0 Å². The molecule has 1 aliphatic carbocycles. The van der Waals surface area contributed by atoms with Crippen molar-refractivity contribution in [2.45, 2.75) is 30.2 Å². The lowest BCUT2D eigenvalue weighted by Crippen LogP contribution is -2.39. The Morgan fingerprint density at radius 3 is 2.55 bits per heavy atom. The van der Waals surface area contributed by atoms with Crippen molar-refractivity contribution < 1.29 is 22.3 Å². The smallest absolute Gasteiger partial charge is 0.261 e. The molecular formula is C22H20FN3O4S. The van der Waals surface area contributed by atoms with Crippen molar-refractivity contribution in [2.24, 2.45) is 0 Å². The molecule has 1 aliphatic rings. The Hall–Kier alpha value is -3.46. The van der Waals surface area contributed by atoms with Crippen molar-refractivity contribution in [3.8, 4) is 11.6 Å². The summed E-state index contributed by atoms with van der Waals surface area (Å²) in [4.78, 5) is 16.6. The average Bonchev–Trinajstić information content (AvgIpc) is 2.71. The van der Waals surface area contributed by atoms with Crippen LogP contribution in [0.3, 0.4) is 0 Å². The monoisotopic (exact) mass is 441 g/mol. The van der Waals surface area contributed by atoms with Crippen LogP contribution in [0.5, 0.6) is 11.6 Å². The molecule has 0 atom stereocenters. The van der Waals surface area contributed by atoms with Crippen LogP contribution < -0.4 is 14.8 Å². The standard InChI is InChI=1S/C22H20FN3O4S/c23-15-9-11-19(12-10-15)31(28,29)26-17-6-2-7-18(14-17)30-22-20(8-3-13-24-22)21(27)25-16-4-1-5-16/h2-3,6-14,16,26H,1,4-5H2,(H,25,27). The van der Waals surface area contributed by atoms with E-state index >= 15 is 0 Å². The van der Waals surface area contributed by atoms with Crippen molar-refractivity contribution in [3.63, 3.8) is 0 Å². The number of amides is 1. The van der Waals surface area contributed by atoms with Crippen molar-refractivity contribution >= 4 is 21.6 Å². The molecule has 1 saturated carbocycles. The molecule has 4 rings (SSSR count). The number of nitrogens with one attached hydrogen (secondary N) is 2. The van der Waals surface area contributed by atoms with Crippen molar-refractivity contribution in [1.82, 2.24) is 10.3 Å². The minimum absolute atomic E-state index is 0.0695. The van der Waals surface area contributed by atoms with Crippen LogP contribution in [0.1, 0.15) is 29.6 Å². The van der Waals surface area contributed by atoms with E-state index in [0.29, 0.717) is 11.3 Å². The van der Waals surface area contributed by atoms with Gasteiger partial charge in [0.1, 0.15) is 17.1 Å². The second kappa shape index (κ2) is 8.73. The van der Waals surface area contributed by atoms with E-state index in [0.717, 1.165) is 31.4 Å². The number of carbonyl (C=O) groups is 1. The number of sulfonamides is 1. The first-order valence-electron chi connectivity index (χ1n) is 9.73. The number of aromatic nitrogens is 1. The van der Waals surface area contributed by atoms with Gasteiger partial charge in [0.25, 0.3) is 15.9 Å². The molecule has 1 heterocycles. The summed E-state index contributed by atoms with van der Waals surface area (Å²) in [5.41, 5.74) is 0.546. The number of anilines is 1. The molecule has 0 bridgehead atoms. The van der Waals surface area contributed by atoms with Gasteiger partial charge in [-0.1, -0.05) is 6.07 Å². The zero-order chi connectivity index (χ0) is 21.8. The summed E-state index contributed by atoms with van der Waals surface area (Å²) >= 11 is 0. The van der Waals surface area contributed by atoms with Crippen LogP contribution in [0.4, 0.5) is 10.1 Å². The van der Waals surface area contributed by atoms with E-state index in [9.17, 15) is 17.6 Å². The van der Waals surface area contributed by atoms with E-state index in [1.165, 1.54) is 24.4 Å². The van der Waals surface area contributed by atoms with Gasteiger partial charge in [-0.15, -0.1) is 0 Å². The van der Waals surface area contributed by atoms with Crippen LogP contribution in [0.2, 0.25) is 0 Å². The largest absolute Gasteiger partial charge is 0.438 e. The molecule has 7 nitrogen and oxygen atoms in total. The lowest BCUT2D eigenvalue weighted by atomic mass is 9.93. The molecule has 9 heteroatoms. The highest BCUT2D eigenvalue weighted by molar-refractivity contribution is 7.92. The molecule has 160 valence electrons.